The largest absolute Gasteiger partial charge is 0.406 e. The first kappa shape index (κ1) is 27.9. The fraction of sp³-hybridized carbons (Fsp3) is 0.467. The minimum atomic E-state index is -4.36. The Kier molecular flexibility index (Phi) is 8.91. The van der Waals surface area contributed by atoms with Gasteiger partial charge in [-0.2, -0.15) is 13.2 Å². The Balaban J connectivity index is 1.56. The molecule has 0 spiro atoms. The van der Waals surface area contributed by atoms with Gasteiger partial charge in [0.1, 0.15) is 6.54 Å². The lowest BCUT2D eigenvalue weighted by molar-refractivity contribution is -0.140. The number of rotatable bonds is 8. The molecule has 4 rings (SSSR count). The first-order valence-corrected chi connectivity index (χ1v) is 13.3. The van der Waals surface area contributed by atoms with Crippen molar-refractivity contribution in [2.45, 2.75) is 64.4 Å². The van der Waals surface area contributed by atoms with Crippen LogP contribution in [-0.4, -0.2) is 59.6 Å². The number of halogens is 3. The van der Waals surface area contributed by atoms with E-state index in [1.54, 1.807) is 25.1 Å². The van der Waals surface area contributed by atoms with Gasteiger partial charge in [-0.25, -0.2) is 0 Å². The highest BCUT2D eigenvalue weighted by atomic mass is 19.4. The van der Waals surface area contributed by atoms with Crippen LogP contribution in [-0.2, 0) is 19.4 Å². The number of benzene rings is 2. The van der Waals surface area contributed by atoms with Crippen molar-refractivity contribution in [1.29, 1.82) is 0 Å². The molecule has 1 atom stereocenters. The lowest BCUT2D eigenvalue weighted by atomic mass is 10.0. The normalized spacial score (nSPS) is 15.8. The molecule has 0 radical (unpaired) electrons. The Morgan fingerprint density at radius 3 is 2.55 bits per heavy atom. The lowest BCUT2D eigenvalue weighted by Gasteiger charge is -2.30. The second kappa shape index (κ2) is 12.1. The highest BCUT2D eigenvalue weighted by molar-refractivity contribution is 5.94. The van der Waals surface area contributed by atoms with Crippen molar-refractivity contribution in [3.05, 3.63) is 59.3 Å². The molecule has 3 aromatic rings. The summed E-state index contributed by atoms with van der Waals surface area (Å²) in [5.41, 5.74) is 4.84. The van der Waals surface area contributed by atoms with Gasteiger partial charge in [-0.05, 0) is 94.1 Å². The highest BCUT2D eigenvalue weighted by Crippen LogP contribution is 2.31. The Bertz CT molecular complexity index is 1290. The molecule has 0 aliphatic carbocycles. The average molecular weight is 527 g/mol. The Labute approximate surface area is 223 Å². The van der Waals surface area contributed by atoms with E-state index >= 15 is 0 Å². The maximum absolute atomic E-state index is 13.5. The molecular formula is C30H37F3N4O. The summed E-state index contributed by atoms with van der Waals surface area (Å²) in [5.74, 6) is 6.02. The molecule has 0 bridgehead atoms. The quantitative estimate of drug-likeness (QED) is 0.332. The topological polar surface area (TPSA) is 52.5 Å². The van der Waals surface area contributed by atoms with E-state index in [0.29, 0.717) is 30.2 Å². The number of aryl methyl sites for hydroxylation is 1. The molecule has 1 saturated heterocycles. The van der Waals surface area contributed by atoms with Crippen molar-refractivity contribution >= 4 is 22.3 Å². The number of nitrogens with zero attached hydrogens (tertiary/aromatic N) is 2. The predicted molar refractivity (Wildman–Crippen MR) is 149 cm³/mol. The third-order valence-electron chi connectivity index (χ3n) is 7.03. The van der Waals surface area contributed by atoms with Crippen molar-refractivity contribution in [3.8, 4) is 11.8 Å². The second-order valence-corrected chi connectivity index (χ2v) is 10.2. The number of aliphatic hydroxyl groups is 1. The molecule has 2 heterocycles. The van der Waals surface area contributed by atoms with Crippen molar-refractivity contribution in [2.24, 2.45) is 0 Å². The third-order valence-corrected chi connectivity index (χ3v) is 7.03. The van der Waals surface area contributed by atoms with Gasteiger partial charge < -0.3 is 25.2 Å². The molecule has 1 fully saturated rings. The number of fused-ring (bicyclic) bond motifs is 1. The van der Waals surface area contributed by atoms with Crippen LogP contribution in [0.3, 0.4) is 0 Å². The minimum absolute atomic E-state index is 0.293. The van der Waals surface area contributed by atoms with E-state index < -0.39 is 18.8 Å². The molecule has 0 saturated carbocycles. The predicted octanol–water partition coefficient (Wildman–Crippen LogP) is 5.66. The van der Waals surface area contributed by atoms with Crippen molar-refractivity contribution in [2.75, 3.05) is 37.3 Å². The van der Waals surface area contributed by atoms with Crippen molar-refractivity contribution < 1.29 is 18.3 Å². The Morgan fingerprint density at radius 2 is 1.87 bits per heavy atom. The van der Waals surface area contributed by atoms with Crippen LogP contribution in [0.5, 0.6) is 0 Å². The molecule has 1 aliphatic heterocycles. The molecule has 8 heteroatoms. The van der Waals surface area contributed by atoms with Gasteiger partial charge >= 0.3 is 6.18 Å². The third kappa shape index (κ3) is 7.24. The molecule has 1 aromatic heterocycles. The van der Waals surface area contributed by atoms with E-state index in [4.69, 9.17) is 0 Å². The molecular weight excluding hydrogens is 489 g/mol. The van der Waals surface area contributed by atoms with Crippen molar-refractivity contribution in [1.82, 2.24) is 9.47 Å². The van der Waals surface area contributed by atoms with Gasteiger partial charge in [0.15, 0.2) is 0 Å². The molecule has 3 N–H and O–H groups in total. The first-order chi connectivity index (χ1) is 18.1. The molecule has 1 unspecified atom stereocenters. The number of piperidine rings is 1. The number of anilines is 2. The van der Waals surface area contributed by atoms with Gasteiger partial charge in [0.05, 0.1) is 23.9 Å². The number of aliphatic hydroxyl groups excluding tert-OH is 1. The van der Waals surface area contributed by atoms with Crippen LogP contribution in [0.15, 0.2) is 42.5 Å². The van der Waals surface area contributed by atoms with E-state index in [0.717, 1.165) is 60.2 Å². The summed E-state index contributed by atoms with van der Waals surface area (Å²) in [6.45, 7) is 5.03. The van der Waals surface area contributed by atoms with Gasteiger partial charge in [-0.1, -0.05) is 31.0 Å². The summed E-state index contributed by atoms with van der Waals surface area (Å²) in [5, 5.41) is 17.3. The number of likely N-dealkylation sites (tertiary alicyclic amines) is 1. The van der Waals surface area contributed by atoms with Crippen LogP contribution < -0.4 is 10.6 Å². The summed E-state index contributed by atoms with van der Waals surface area (Å²) < 4.78 is 41.8. The summed E-state index contributed by atoms with van der Waals surface area (Å²) in [6.07, 6.45) is -1.38. The van der Waals surface area contributed by atoms with Crippen LogP contribution in [0.4, 0.5) is 24.5 Å². The number of nitrogens with one attached hydrogen (secondary N) is 2. The van der Waals surface area contributed by atoms with Crippen LogP contribution in [0.2, 0.25) is 0 Å². The van der Waals surface area contributed by atoms with Crippen LogP contribution in [0, 0.1) is 11.8 Å². The summed E-state index contributed by atoms with van der Waals surface area (Å²) in [4.78, 5) is 2.29. The Morgan fingerprint density at radius 1 is 1.11 bits per heavy atom. The average Bonchev–Trinajstić information content (AvgIpc) is 3.20. The minimum Gasteiger partial charge on any atom is -0.393 e. The van der Waals surface area contributed by atoms with Crippen LogP contribution >= 0.6 is 0 Å². The summed E-state index contributed by atoms with van der Waals surface area (Å²) >= 11 is 0. The fourth-order valence-electron chi connectivity index (χ4n) is 5.09. The molecule has 204 valence electrons. The van der Waals surface area contributed by atoms with Crippen LogP contribution in [0.25, 0.3) is 10.9 Å². The summed E-state index contributed by atoms with van der Waals surface area (Å²) in [7, 11) is 2.10. The van der Waals surface area contributed by atoms with E-state index in [9.17, 15) is 18.3 Å². The monoisotopic (exact) mass is 526 g/mol. The second-order valence-electron chi connectivity index (χ2n) is 10.2. The molecule has 2 aromatic carbocycles. The van der Waals surface area contributed by atoms with Gasteiger partial charge in [0.2, 0.25) is 0 Å². The number of alkyl halides is 3. The maximum Gasteiger partial charge on any atom is 0.406 e. The van der Waals surface area contributed by atoms with Gasteiger partial charge in [-0.15, -0.1) is 0 Å². The SMILES string of the molecule is CCc1cc(CC(C)O)ccc1NCC#Cc1cc2c(NC3CCN(C)CC3)cccc2n1CC(F)(F)F. The number of aromatic nitrogens is 1. The van der Waals surface area contributed by atoms with E-state index in [-0.39, 0.29) is 0 Å². The highest BCUT2D eigenvalue weighted by Gasteiger charge is 2.30. The fourth-order valence-corrected chi connectivity index (χ4v) is 5.09. The molecule has 0 amide bonds. The van der Waals surface area contributed by atoms with Gasteiger partial charge in [-0.3, -0.25) is 0 Å². The zero-order valence-electron chi connectivity index (χ0n) is 22.3. The maximum atomic E-state index is 13.5. The lowest BCUT2D eigenvalue weighted by Crippen LogP contribution is -2.36. The molecule has 1 aliphatic rings. The van der Waals surface area contributed by atoms with E-state index in [2.05, 4.69) is 47.4 Å². The standard InChI is InChI=1S/C30H37F3N4O/c1-4-23-18-22(17-21(2)38)10-11-27(23)34-14-6-7-25-19-26-28(35-24-12-15-36(3)16-13-24)8-5-9-29(26)37(25)20-30(31,32)33/h5,8-11,18-19,21,24,34-35,38H,4,12-17,20H2,1-3H3. The van der Waals surface area contributed by atoms with Crippen LogP contribution in [0.1, 0.15) is 43.5 Å². The first-order valence-electron chi connectivity index (χ1n) is 13.3. The zero-order valence-corrected chi connectivity index (χ0v) is 22.3. The Hall–Kier alpha value is -3.15. The molecule has 5 nitrogen and oxygen atoms in total. The van der Waals surface area contributed by atoms with Gasteiger partial charge in [0.25, 0.3) is 0 Å². The van der Waals surface area contributed by atoms with E-state index in [1.165, 1.54) is 4.57 Å². The zero-order chi connectivity index (χ0) is 27.3. The number of hydrogen-bond acceptors (Lipinski definition) is 4. The van der Waals surface area contributed by atoms with Crippen molar-refractivity contribution in [3.63, 3.8) is 0 Å². The van der Waals surface area contributed by atoms with E-state index in [1.807, 2.05) is 18.2 Å². The smallest absolute Gasteiger partial charge is 0.393 e. The summed E-state index contributed by atoms with van der Waals surface area (Å²) in [6, 6.07) is 13.6. The van der Waals surface area contributed by atoms with Gasteiger partial charge in [0, 0.05) is 22.8 Å². The number of hydrogen-bond donors (Lipinski definition) is 3. The molecule has 38 heavy (non-hydrogen) atoms.